The van der Waals surface area contributed by atoms with Gasteiger partial charge in [-0.05, 0) is 35.9 Å². The van der Waals surface area contributed by atoms with E-state index in [0.29, 0.717) is 31.1 Å². The van der Waals surface area contributed by atoms with Gasteiger partial charge in [0.2, 0.25) is 21.9 Å². The van der Waals surface area contributed by atoms with Gasteiger partial charge in [-0.2, -0.15) is 4.31 Å². The summed E-state index contributed by atoms with van der Waals surface area (Å²) < 4.78 is 27.7. The number of nitrogens with zero attached hydrogens (tertiary/aromatic N) is 4. The average Bonchev–Trinajstić information content (AvgIpc) is 2.79. The lowest BCUT2D eigenvalue weighted by Gasteiger charge is -2.36. The molecule has 1 amide bonds. The number of aromatic nitrogens is 2. The van der Waals surface area contributed by atoms with E-state index in [9.17, 15) is 13.2 Å². The molecule has 0 unspecified atom stereocenters. The zero-order valence-corrected chi connectivity index (χ0v) is 17.4. The number of amides is 1. The van der Waals surface area contributed by atoms with Gasteiger partial charge in [-0.1, -0.05) is 30.3 Å². The van der Waals surface area contributed by atoms with Crippen LogP contribution in [0.4, 0.5) is 5.95 Å². The molecule has 9 heteroatoms. The highest BCUT2D eigenvalue weighted by atomic mass is 32.2. The van der Waals surface area contributed by atoms with E-state index >= 15 is 0 Å². The van der Waals surface area contributed by atoms with Crippen LogP contribution < -0.4 is 5.32 Å². The summed E-state index contributed by atoms with van der Waals surface area (Å²) in [6, 6.07) is 14.1. The normalized spacial score (nSPS) is 17.0. The van der Waals surface area contributed by atoms with E-state index in [1.165, 1.54) is 4.31 Å². The summed E-state index contributed by atoms with van der Waals surface area (Å²) >= 11 is 0. The van der Waals surface area contributed by atoms with E-state index in [4.69, 9.17) is 0 Å². The van der Waals surface area contributed by atoms with Crippen molar-refractivity contribution in [2.24, 2.45) is 0 Å². The van der Waals surface area contributed by atoms with Crippen molar-refractivity contribution in [2.45, 2.75) is 17.9 Å². The molecule has 1 aliphatic rings. The third-order valence-corrected chi connectivity index (χ3v) is 7.25. The maximum Gasteiger partial charge on any atom is 0.243 e. The van der Waals surface area contributed by atoms with Gasteiger partial charge in [-0.25, -0.2) is 18.4 Å². The van der Waals surface area contributed by atoms with E-state index in [-0.39, 0.29) is 11.9 Å². The zero-order valence-electron chi connectivity index (χ0n) is 16.6. The van der Waals surface area contributed by atoms with Crippen LogP contribution in [0.15, 0.2) is 65.8 Å². The molecule has 0 bridgehead atoms. The van der Waals surface area contributed by atoms with Crippen LogP contribution in [0.2, 0.25) is 0 Å². The second-order valence-electron chi connectivity index (χ2n) is 7.19. The Kier molecular flexibility index (Phi) is 5.76. The number of hydrogen-bond acceptors (Lipinski definition) is 6. The largest absolute Gasteiger partial charge is 0.293 e. The first kappa shape index (κ1) is 20.4. The summed E-state index contributed by atoms with van der Waals surface area (Å²) in [4.78, 5) is 22.7. The number of anilines is 1. The lowest BCUT2D eigenvalue weighted by Crippen LogP contribution is -2.54. The lowest BCUT2D eigenvalue weighted by molar-refractivity contribution is -0.121. The molecular weight excluding hydrogens is 402 g/mol. The highest BCUT2D eigenvalue weighted by molar-refractivity contribution is 7.89. The fourth-order valence-corrected chi connectivity index (χ4v) is 5.01. The zero-order chi connectivity index (χ0) is 21.1. The number of carbonyl (C=O) groups excluding carboxylic acids is 1. The highest BCUT2D eigenvalue weighted by Crippen LogP contribution is 2.23. The first-order valence-corrected chi connectivity index (χ1v) is 11.2. The third-order valence-electron chi connectivity index (χ3n) is 5.36. The molecule has 1 atom stereocenters. The fraction of sp³-hybridized carbons (Fsp3) is 0.286. The van der Waals surface area contributed by atoms with Gasteiger partial charge in [-0.15, -0.1) is 0 Å². The minimum Gasteiger partial charge on any atom is -0.293 e. The summed E-state index contributed by atoms with van der Waals surface area (Å²) in [6.07, 6.45) is 3.12. The number of nitrogens with one attached hydrogen (secondary N) is 1. The Hall–Kier alpha value is -2.88. The molecule has 1 aromatic heterocycles. The van der Waals surface area contributed by atoms with Crippen LogP contribution in [-0.4, -0.2) is 65.7 Å². The Morgan fingerprint density at radius 2 is 1.63 bits per heavy atom. The van der Waals surface area contributed by atoms with Crippen LogP contribution in [-0.2, 0) is 14.8 Å². The van der Waals surface area contributed by atoms with Crippen molar-refractivity contribution in [3.05, 3.63) is 60.9 Å². The smallest absolute Gasteiger partial charge is 0.243 e. The SMILES string of the molecule is C[C@@H](C(=O)Nc1ncccn1)N1CCN(S(=O)(=O)c2ccc3ccccc3c2)CC1. The molecule has 0 radical (unpaired) electrons. The van der Waals surface area contributed by atoms with Gasteiger partial charge in [0, 0.05) is 38.6 Å². The predicted octanol–water partition coefficient (Wildman–Crippen LogP) is 1.96. The highest BCUT2D eigenvalue weighted by Gasteiger charge is 2.32. The lowest BCUT2D eigenvalue weighted by atomic mass is 10.1. The first-order valence-electron chi connectivity index (χ1n) is 9.76. The van der Waals surface area contributed by atoms with Gasteiger partial charge in [-0.3, -0.25) is 15.0 Å². The molecule has 1 fully saturated rings. The maximum atomic E-state index is 13.1. The van der Waals surface area contributed by atoms with Gasteiger partial charge in [0.1, 0.15) is 0 Å². The number of benzene rings is 2. The molecule has 0 saturated carbocycles. The van der Waals surface area contributed by atoms with E-state index in [1.807, 2.05) is 35.2 Å². The molecule has 30 heavy (non-hydrogen) atoms. The minimum atomic E-state index is -3.59. The van der Waals surface area contributed by atoms with Gasteiger partial charge >= 0.3 is 0 Å². The first-order chi connectivity index (χ1) is 14.4. The van der Waals surface area contributed by atoms with Gasteiger partial charge < -0.3 is 0 Å². The molecule has 4 rings (SSSR count). The Balaban J connectivity index is 1.41. The Morgan fingerprint density at radius 3 is 2.33 bits per heavy atom. The fourth-order valence-electron chi connectivity index (χ4n) is 3.55. The number of rotatable bonds is 5. The van der Waals surface area contributed by atoms with Crippen molar-refractivity contribution < 1.29 is 13.2 Å². The van der Waals surface area contributed by atoms with Gasteiger partial charge in [0.05, 0.1) is 10.9 Å². The number of sulfonamides is 1. The van der Waals surface area contributed by atoms with Crippen LogP contribution in [0.25, 0.3) is 10.8 Å². The molecule has 1 N–H and O–H groups in total. The van der Waals surface area contributed by atoms with E-state index in [2.05, 4.69) is 15.3 Å². The number of fused-ring (bicyclic) bond motifs is 1. The second kappa shape index (κ2) is 8.47. The molecular formula is C21H23N5O3S. The number of carbonyl (C=O) groups is 1. The molecule has 8 nitrogen and oxygen atoms in total. The molecule has 156 valence electrons. The molecule has 2 aromatic carbocycles. The predicted molar refractivity (Wildman–Crippen MR) is 114 cm³/mol. The molecule has 3 aromatic rings. The van der Waals surface area contributed by atoms with Crippen LogP contribution in [0, 0.1) is 0 Å². The van der Waals surface area contributed by atoms with Crippen molar-refractivity contribution in [2.75, 3.05) is 31.5 Å². The van der Waals surface area contributed by atoms with Crippen molar-refractivity contribution in [1.82, 2.24) is 19.2 Å². The molecule has 1 saturated heterocycles. The van der Waals surface area contributed by atoms with Crippen molar-refractivity contribution in [3.8, 4) is 0 Å². The van der Waals surface area contributed by atoms with Crippen molar-refractivity contribution in [1.29, 1.82) is 0 Å². The second-order valence-corrected chi connectivity index (χ2v) is 9.12. The molecule has 1 aliphatic heterocycles. The van der Waals surface area contributed by atoms with Gasteiger partial charge in [0.25, 0.3) is 0 Å². The summed E-state index contributed by atoms with van der Waals surface area (Å²) in [5.74, 6) is 0.0407. The van der Waals surface area contributed by atoms with Crippen LogP contribution in [0.5, 0.6) is 0 Å². The monoisotopic (exact) mass is 425 g/mol. The standard InChI is InChI=1S/C21H23N5O3S/c1-16(20(27)24-21-22-9-4-10-23-21)25-11-13-26(14-12-25)30(28,29)19-8-7-17-5-2-3-6-18(17)15-19/h2-10,15-16H,11-14H2,1H3,(H,22,23,24,27)/t16-/m0/s1. The molecule has 0 aliphatic carbocycles. The van der Waals surface area contributed by atoms with E-state index < -0.39 is 16.1 Å². The summed E-state index contributed by atoms with van der Waals surface area (Å²) in [5.41, 5.74) is 0. The topological polar surface area (TPSA) is 95.5 Å². The number of hydrogen-bond donors (Lipinski definition) is 1. The van der Waals surface area contributed by atoms with Crippen molar-refractivity contribution in [3.63, 3.8) is 0 Å². The van der Waals surface area contributed by atoms with Crippen molar-refractivity contribution >= 4 is 32.7 Å². The third kappa shape index (κ3) is 4.18. The molecule has 0 spiro atoms. The maximum absolute atomic E-state index is 13.1. The summed E-state index contributed by atoms with van der Waals surface area (Å²) in [7, 11) is -3.59. The van der Waals surface area contributed by atoms with Crippen LogP contribution >= 0.6 is 0 Å². The number of piperazine rings is 1. The Morgan fingerprint density at radius 1 is 0.967 bits per heavy atom. The van der Waals surface area contributed by atoms with E-state index in [0.717, 1.165) is 10.8 Å². The minimum absolute atomic E-state index is 0.216. The quantitative estimate of drug-likeness (QED) is 0.671. The van der Waals surface area contributed by atoms with Crippen LogP contribution in [0.1, 0.15) is 6.92 Å². The molecule has 2 heterocycles. The summed E-state index contributed by atoms with van der Waals surface area (Å²) in [5, 5.41) is 4.59. The summed E-state index contributed by atoms with van der Waals surface area (Å²) in [6.45, 7) is 3.39. The Labute approximate surface area is 175 Å². The van der Waals surface area contributed by atoms with E-state index in [1.54, 1.807) is 37.5 Å². The van der Waals surface area contributed by atoms with Crippen LogP contribution in [0.3, 0.4) is 0 Å². The average molecular weight is 426 g/mol. The Bertz CT molecular complexity index is 1150. The van der Waals surface area contributed by atoms with Gasteiger partial charge in [0.15, 0.2) is 0 Å².